The van der Waals surface area contributed by atoms with Gasteiger partial charge in [-0.25, -0.2) is 0 Å². The van der Waals surface area contributed by atoms with Crippen molar-refractivity contribution in [3.05, 3.63) is 0 Å². The summed E-state index contributed by atoms with van der Waals surface area (Å²) in [5.41, 5.74) is 0.0385. The molecule has 1 heterocycles. The third-order valence-corrected chi connectivity index (χ3v) is 4.98. The second kappa shape index (κ2) is 5.27. The van der Waals surface area contributed by atoms with E-state index in [-0.39, 0.29) is 5.72 Å². The zero-order valence-corrected chi connectivity index (χ0v) is 12.0. The van der Waals surface area contributed by atoms with Crippen LogP contribution >= 0.6 is 0 Å². The van der Waals surface area contributed by atoms with Crippen molar-refractivity contribution in [1.29, 1.82) is 0 Å². The lowest BCUT2D eigenvalue weighted by molar-refractivity contribution is -0.147. The van der Waals surface area contributed by atoms with Gasteiger partial charge in [0.15, 0.2) is 0 Å². The SMILES string of the molecule is CC(C)C1CCC2(CC1)NCC(C(C)C)CO2. The fourth-order valence-electron chi connectivity index (χ4n) is 3.22. The van der Waals surface area contributed by atoms with Crippen molar-refractivity contribution in [3.63, 3.8) is 0 Å². The van der Waals surface area contributed by atoms with E-state index in [1.54, 1.807) is 0 Å². The minimum atomic E-state index is 0.0385. The van der Waals surface area contributed by atoms with E-state index in [0.717, 1.165) is 30.9 Å². The van der Waals surface area contributed by atoms with Gasteiger partial charge in [0, 0.05) is 6.54 Å². The van der Waals surface area contributed by atoms with Gasteiger partial charge in [0.25, 0.3) is 0 Å². The first-order valence-electron chi connectivity index (χ1n) is 7.41. The molecule has 1 aliphatic carbocycles. The van der Waals surface area contributed by atoms with E-state index in [1.165, 1.54) is 25.7 Å². The molecule has 1 N–H and O–H groups in total. The normalized spacial score (nSPS) is 39.2. The maximum absolute atomic E-state index is 6.20. The van der Waals surface area contributed by atoms with Crippen molar-refractivity contribution in [2.75, 3.05) is 13.2 Å². The van der Waals surface area contributed by atoms with E-state index in [2.05, 4.69) is 33.0 Å². The second-order valence-electron chi connectivity index (χ2n) is 6.77. The largest absolute Gasteiger partial charge is 0.360 e. The van der Waals surface area contributed by atoms with Gasteiger partial charge in [-0.3, -0.25) is 5.32 Å². The molecule has 1 aliphatic heterocycles. The zero-order chi connectivity index (χ0) is 12.5. The first-order valence-corrected chi connectivity index (χ1v) is 7.41. The molecule has 0 bridgehead atoms. The Morgan fingerprint density at radius 3 is 2.00 bits per heavy atom. The topological polar surface area (TPSA) is 21.3 Å². The lowest BCUT2D eigenvalue weighted by Crippen LogP contribution is -2.57. The van der Waals surface area contributed by atoms with Gasteiger partial charge in [0.2, 0.25) is 0 Å². The van der Waals surface area contributed by atoms with Crippen LogP contribution in [0, 0.1) is 23.7 Å². The lowest BCUT2D eigenvalue weighted by atomic mass is 9.77. The van der Waals surface area contributed by atoms with Crippen molar-refractivity contribution in [3.8, 4) is 0 Å². The molecule has 0 aromatic heterocycles. The molecular formula is C15H29NO. The van der Waals surface area contributed by atoms with Crippen molar-refractivity contribution < 1.29 is 4.74 Å². The molecule has 2 fully saturated rings. The molecule has 0 aromatic rings. The molecule has 2 aliphatic rings. The Morgan fingerprint density at radius 2 is 1.59 bits per heavy atom. The fourth-order valence-corrected chi connectivity index (χ4v) is 3.22. The van der Waals surface area contributed by atoms with Crippen molar-refractivity contribution >= 4 is 0 Å². The minimum absolute atomic E-state index is 0.0385. The van der Waals surface area contributed by atoms with Gasteiger partial charge in [0.05, 0.1) is 6.61 Å². The molecule has 2 nitrogen and oxygen atoms in total. The van der Waals surface area contributed by atoms with Crippen LogP contribution in [0.4, 0.5) is 0 Å². The summed E-state index contributed by atoms with van der Waals surface area (Å²) in [6.07, 6.45) is 5.08. The van der Waals surface area contributed by atoms with E-state index in [0.29, 0.717) is 5.92 Å². The Kier molecular flexibility index (Phi) is 4.14. The maximum Gasteiger partial charge on any atom is 0.119 e. The quantitative estimate of drug-likeness (QED) is 0.797. The van der Waals surface area contributed by atoms with Gasteiger partial charge in [-0.05, 0) is 49.4 Å². The highest BCUT2D eigenvalue weighted by atomic mass is 16.5. The summed E-state index contributed by atoms with van der Waals surface area (Å²) >= 11 is 0. The van der Waals surface area contributed by atoms with Crippen molar-refractivity contribution in [1.82, 2.24) is 5.32 Å². The summed E-state index contributed by atoms with van der Waals surface area (Å²) in [5.74, 6) is 3.17. The molecular weight excluding hydrogens is 210 g/mol. The van der Waals surface area contributed by atoms with E-state index < -0.39 is 0 Å². The van der Waals surface area contributed by atoms with Crippen LogP contribution in [-0.2, 0) is 4.74 Å². The first-order chi connectivity index (χ1) is 8.02. The Labute approximate surface area is 107 Å². The molecule has 1 spiro atoms. The lowest BCUT2D eigenvalue weighted by Gasteiger charge is -2.46. The summed E-state index contributed by atoms with van der Waals surface area (Å²) in [6, 6.07) is 0. The molecule has 1 saturated heterocycles. The number of nitrogens with one attached hydrogen (secondary N) is 1. The van der Waals surface area contributed by atoms with E-state index in [1.807, 2.05) is 0 Å². The van der Waals surface area contributed by atoms with Crippen LogP contribution in [0.2, 0.25) is 0 Å². The Balaban J connectivity index is 1.84. The van der Waals surface area contributed by atoms with Gasteiger partial charge < -0.3 is 4.74 Å². The number of hydrogen-bond donors (Lipinski definition) is 1. The van der Waals surface area contributed by atoms with E-state index in [9.17, 15) is 0 Å². The molecule has 1 unspecified atom stereocenters. The summed E-state index contributed by atoms with van der Waals surface area (Å²) in [4.78, 5) is 0. The Bertz CT molecular complexity index is 204. The zero-order valence-electron chi connectivity index (χ0n) is 12.0. The van der Waals surface area contributed by atoms with Crippen LogP contribution in [0.15, 0.2) is 0 Å². The first kappa shape index (κ1) is 13.4. The molecule has 1 atom stereocenters. The highest BCUT2D eigenvalue weighted by Gasteiger charge is 2.40. The number of rotatable bonds is 2. The highest BCUT2D eigenvalue weighted by Crippen LogP contribution is 2.38. The fraction of sp³-hybridized carbons (Fsp3) is 1.00. The average molecular weight is 239 g/mol. The van der Waals surface area contributed by atoms with Gasteiger partial charge in [0.1, 0.15) is 5.72 Å². The summed E-state index contributed by atoms with van der Waals surface area (Å²) in [6.45, 7) is 11.4. The van der Waals surface area contributed by atoms with Crippen LogP contribution < -0.4 is 5.32 Å². The highest BCUT2D eigenvalue weighted by molar-refractivity contribution is 4.90. The van der Waals surface area contributed by atoms with Crippen molar-refractivity contribution in [2.45, 2.75) is 59.1 Å². The van der Waals surface area contributed by atoms with Crippen LogP contribution in [0.3, 0.4) is 0 Å². The molecule has 0 aromatic carbocycles. The van der Waals surface area contributed by atoms with E-state index >= 15 is 0 Å². The van der Waals surface area contributed by atoms with E-state index in [4.69, 9.17) is 4.74 Å². The predicted molar refractivity (Wildman–Crippen MR) is 71.8 cm³/mol. The standard InChI is InChI=1S/C15H29NO/c1-11(2)13-5-7-15(8-6-13)16-9-14(10-17-15)12(3)4/h11-14,16H,5-10H2,1-4H3. The molecule has 2 rings (SSSR count). The van der Waals surface area contributed by atoms with Crippen LogP contribution in [-0.4, -0.2) is 18.9 Å². The average Bonchev–Trinajstić information content (AvgIpc) is 2.30. The minimum Gasteiger partial charge on any atom is -0.360 e. The Hall–Kier alpha value is -0.0800. The van der Waals surface area contributed by atoms with Gasteiger partial charge in [-0.15, -0.1) is 0 Å². The third-order valence-electron chi connectivity index (χ3n) is 4.98. The summed E-state index contributed by atoms with van der Waals surface area (Å²) < 4.78 is 6.20. The Morgan fingerprint density at radius 1 is 1.00 bits per heavy atom. The molecule has 0 radical (unpaired) electrons. The molecule has 1 saturated carbocycles. The van der Waals surface area contributed by atoms with Crippen LogP contribution in [0.1, 0.15) is 53.4 Å². The van der Waals surface area contributed by atoms with Gasteiger partial charge >= 0.3 is 0 Å². The monoisotopic (exact) mass is 239 g/mol. The summed E-state index contributed by atoms with van der Waals surface area (Å²) in [5, 5.41) is 3.70. The van der Waals surface area contributed by atoms with Gasteiger partial charge in [-0.1, -0.05) is 27.7 Å². The number of hydrogen-bond acceptors (Lipinski definition) is 2. The smallest absolute Gasteiger partial charge is 0.119 e. The number of ether oxygens (including phenoxy) is 1. The molecule has 17 heavy (non-hydrogen) atoms. The molecule has 2 heteroatoms. The predicted octanol–water partition coefficient (Wildman–Crippen LogP) is 3.42. The van der Waals surface area contributed by atoms with Gasteiger partial charge in [-0.2, -0.15) is 0 Å². The second-order valence-corrected chi connectivity index (χ2v) is 6.77. The molecule has 100 valence electrons. The summed E-state index contributed by atoms with van der Waals surface area (Å²) in [7, 11) is 0. The van der Waals surface area contributed by atoms with Crippen molar-refractivity contribution in [2.24, 2.45) is 23.7 Å². The third kappa shape index (κ3) is 3.03. The maximum atomic E-state index is 6.20. The van der Waals surface area contributed by atoms with Crippen LogP contribution in [0.5, 0.6) is 0 Å². The molecule has 0 amide bonds. The van der Waals surface area contributed by atoms with Crippen LogP contribution in [0.25, 0.3) is 0 Å².